The number of hydrogen-bond donors (Lipinski definition) is 4. The lowest BCUT2D eigenvalue weighted by Gasteiger charge is -2.18. The van der Waals surface area contributed by atoms with Gasteiger partial charge >= 0.3 is 5.97 Å². The number of nitro groups is 1. The van der Waals surface area contributed by atoms with Crippen molar-refractivity contribution in [3.63, 3.8) is 0 Å². The van der Waals surface area contributed by atoms with Crippen LogP contribution in [-0.4, -0.2) is 55.2 Å². The lowest BCUT2D eigenvalue weighted by atomic mass is 10.1. The SMILES string of the molecule is COC(=O)[C@H](CCCN=C(N)N[N+](=O)[O-])NC(=O)[C@@H]1CCCN1. The molecule has 1 aliphatic heterocycles. The van der Waals surface area contributed by atoms with Gasteiger partial charge in [0.05, 0.1) is 13.2 Å². The molecule has 0 spiro atoms. The van der Waals surface area contributed by atoms with Crippen LogP contribution in [0.5, 0.6) is 0 Å². The third-order valence-electron chi connectivity index (χ3n) is 3.32. The molecule has 0 bridgehead atoms. The fourth-order valence-electron chi connectivity index (χ4n) is 2.20. The lowest BCUT2D eigenvalue weighted by Crippen LogP contribution is -2.48. The molecule has 130 valence electrons. The number of carbonyl (C=O) groups excluding carboxylic acids is 2. The van der Waals surface area contributed by atoms with Crippen LogP contribution in [0.1, 0.15) is 25.7 Å². The fourth-order valence-corrected chi connectivity index (χ4v) is 2.20. The number of aliphatic imine (C=N–C) groups is 1. The van der Waals surface area contributed by atoms with Crippen molar-refractivity contribution in [3.8, 4) is 0 Å². The van der Waals surface area contributed by atoms with Gasteiger partial charge in [-0.1, -0.05) is 5.43 Å². The minimum atomic E-state index is -0.815. The van der Waals surface area contributed by atoms with E-state index in [1.54, 1.807) is 5.43 Å². The number of hydrogen-bond acceptors (Lipinski definition) is 7. The molecule has 5 N–H and O–H groups in total. The van der Waals surface area contributed by atoms with Crippen LogP contribution in [0.3, 0.4) is 0 Å². The van der Waals surface area contributed by atoms with E-state index in [1.807, 2.05) is 0 Å². The van der Waals surface area contributed by atoms with Crippen LogP contribution in [-0.2, 0) is 14.3 Å². The van der Waals surface area contributed by atoms with Crippen LogP contribution < -0.4 is 21.8 Å². The molecule has 0 radical (unpaired) electrons. The van der Waals surface area contributed by atoms with E-state index in [9.17, 15) is 19.7 Å². The number of carbonyl (C=O) groups is 2. The smallest absolute Gasteiger partial charge is 0.328 e. The summed E-state index contributed by atoms with van der Waals surface area (Å²) in [5.74, 6) is -1.10. The average Bonchev–Trinajstić information content (AvgIpc) is 3.03. The van der Waals surface area contributed by atoms with Crippen LogP contribution in [0, 0.1) is 10.1 Å². The van der Waals surface area contributed by atoms with E-state index in [4.69, 9.17) is 5.73 Å². The first-order valence-corrected chi connectivity index (χ1v) is 7.26. The first-order chi connectivity index (χ1) is 10.9. The van der Waals surface area contributed by atoms with Crippen LogP contribution in [0.2, 0.25) is 0 Å². The molecular formula is C12H22N6O5. The number of guanidine groups is 1. The summed E-state index contributed by atoms with van der Waals surface area (Å²) in [7, 11) is 1.24. The summed E-state index contributed by atoms with van der Waals surface area (Å²) in [6.45, 7) is 0.954. The largest absolute Gasteiger partial charge is 0.467 e. The third-order valence-corrected chi connectivity index (χ3v) is 3.32. The zero-order chi connectivity index (χ0) is 17.2. The van der Waals surface area contributed by atoms with Gasteiger partial charge in [-0.3, -0.25) is 4.79 Å². The van der Waals surface area contributed by atoms with Gasteiger partial charge in [0.1, 0.15) is 6.04 Å². The second-order valence-corrected chi connectivity index (χ2v) is 5.01. The minimum Gasteiger partial charge on any atom is -0.467 e. The summed E-state index contributed by atoms with van der Waals surface area (Å²) in [6.07, 6.45) is 2.34. The molecule has 23 heavy (non-hydrogen) atoms. The number of nitrogens with zero attached hydrogens (tertiary/aromatic N) is 2. The highest BCUT2D eigenvalue weighted by atomic mass is 16.7. The van der Waals surface area contributed by atoms with Gasteiger partial charge < -0.3 is 21.1 Å². The van der Waals surface area contributed by atoms with E-state index in [2.05, 4.69) is 20.4 Å². The Morgan fingerprint density at radius 1 is 1.57 bits per heavy atom. The first-order valence-electron chi connectivity index (χ1n) is 7.26. The van der Waals surface area contributed by atoms with Crippen molar-refractivity contribution in [2.24, 2.45) is 10.7 Å². The van der Waals surface area contributed by atoms with E-state index in [-0.39, 0.29) is 24.5 Å². The predicted molar refractivity (Wildman–Crippen MR) is 80.8 cm³/mol. The van der Waals surface area contributed by atoms with Gasteiger partial charge in [0.25, 0.3) is 5.96 Å². The Kier molecular flexibility index (Phi) is 7.74. The molecule has 0 aromatic rings. The van der Waals surface area contributed by atoms with Gasteiger partial charge in [0.15, 0.2) is 5.03 Å². The summed E-state index contributed by atoms with van der Waals surface area (Å²) in [5, 5.41) is 15.0. The maximum atomic E-state index is 12.0. The Morgan fingerprint density at radius 3 is 2.87 bits per heavy atom. The minimum absolute atomic E-state index is 0.178. The first kappa shape index (κ1) is 18.6. The normalized spacial score (nSPS) is 19.0. The number of esters is 1. The van der Waals surface area contributed by atoms with Gasteiger partial charge in [0, 0.05) is 6.54 Å². The molecule has 0 aromatic carbocycles. The quantitative estimate of drug-likeness (QED) is 0.102. The Labute approximate surface area is 133 Å². The summed E-state index contributed by atoms with van der Waals surface area (Å²) < 4.78 is 4.67. The zero-order valence-electron chi connectivity index (χ0n) is 12.9. The molecule has 0 unspecified atom stereocenters. The maximum Gasteiger partial charge on any atom is 0.328 e. The Hall–Kier alpha value is -2.43. The molecular weight excluding hydrogens is 308 g/mol. The molecule has 0 aromatic heterocycles. The van der Waals surface area contributed by atoms with Crippen molar-refractivity contribution in [3.05, 3.63) is 10.1 Å². The van der Waals surface area contributed by atoms with E-state index < -0.39 is 17.0 Å². The zero-order valence-corrected chi connectivity index (χ0v) is 12.9. The molecule has 0 aliphatic carbocycles. The number of hydrazine groups is 1. The van der Waals surface area contributed by atoms with Gasteiger partial charge in [0.2, 0.25) is 5.91 Å². The second kappa shape index (κ2) is 9.56. The van der Waals surface area contributed by atoms with Crippen molar-refractivity contribution < 1.29 is 19.4 Å². The highest BCUT2D eigenvalue weighted by Gasteiger charge is 2.27. The number of amides is 1. The fraction of sp³-hybridized carbons (Fsp3) is 0.750. The highest BCUT2D eigenvalue weighted by molar-refractivity contribution is 5.87. The van der Waals surface area contributed by atoms with Crippen molar-refractivity contribution in [2.45, 2.75) is 37.8 Å². The Balaban J connectivity index is 2.43. The molecule has 11 heteroatoms. The van der Waals surface area contributed by atoms with Crippen LogP contribution in [0.4, 0.5) is 0 Å². The highest BCUT2D eigenvalue weighted by Crippen LogP contribution is 2.07. The Morgan fingerprint density at radius 2 is 2.30 bits per heavy atom. The molecule has 0 saturated carbocycles. The van der Waals surface area contributed by atoms with Gasteiger partial charge in [-0.15, -0.1) is 0 Å². The molecule has 1 amide bonds. The van der Waals surface area contributed by atoms with Crippen LogP contribution >= 0.6 is 0 Å². The maximum absolute atomic E-state index is 12.0. The number of nitrogens with two attached hydrogens (primary N) is 1. The second-order valence-electron chi connectivity index (χ2n) is 5.01. The van der Waals surface area contributed by atoms with Crippen molar-refractivity contribution in [1.82, 2.24) is 16.1 Å². The molecule has 1 saturated heterocycles. The molecule has 1 fully saturated rings. The number of nitrogens with one attached hydrogen (secondary N) is 3. The molecule has 2 atom stereocenters. The van der Waals surface area contributed by atoms with E-state index in [0.717, 1.165) is 19.4 Å². The monoisotopic (exact) mass is 330 g/mol. The number of rotatable bonds is 8. The van der Waals surface area contributed by atoms with Gasteiger partial charge in [-0.05, 0) is 32.2 Å². The lowest BCUT2D eigenvalue weighted by molar-refractivity contribution is -0.525. The van der Waals surface area contributed by atoms with Crippen molar-refractivity contribution >= 4 is 17.8 Å². The molecule has 1 aliphatic rings. The summed E-state index contributed by atoms with van der Waals surface area (Å²) >= 11 is 0. The van der Waals surface area contributed by atoms with Crippen molar-refractivity contribution in [2.75, 3.05) is 20.2 Å². The molecule has 1 rings (SSSR count). The number of ether oxygens (including phenoxy) is 1. The summed E-state index contributed by atoms with van der Waals surface area (Å²) in [5.41, 5.74) is 6.98. The standard InChI is InChI=1S/C12H22N6O5/c1-23-11(20)9(16-10(19)8-4-2-6-14-8)5-3-7-15-12(13)17-18(21)22/h8-9,14H,2-7H2,1H3,(H,16,19)(H3,13,15,17)/t8-,9-/m0/s1. The average molecular weight is 330 g/mol. The van der Waals surface area contributed by atoms with Crippen LogP contribution in [0.25, 0.3) is 0 Å². The molecule has 11 nitrogen and oxygen atoms in total. The molecule has 1 heterocycles. The predicted octanol–water partition coefficient (Wildman–Crippen LogP) is -1.73. The third kappa shape index (κ3) is 6.91. The van der Waals surface area contributed by atoms with Gasteiger partial charge in [-0.2, -0.15) is 0 Å². The summed E-state index contributed by atoms with van der Waals surface area (Å²) in [4.78, 5) is 37.6. The Bertz CT molecular complexity index is 463. The number of methoxy groups -OCH3 is 1. The van der Waals surface area contributed by atoms with E-state index in [0.29, 0.717) is 12.8 Å². The van der Waals surface area contributed by atoms with Crippen molar-refractivity contribution in [1.29, 1.82) is 0 Å². The van der Waals surface area contributed by atoms with E-state index >= 15 is 0 Å². The summed E-state index contributed by atoms with van der Waals surface area (Å²) in [6, 6.07) is -1.07. The van der Waals surface area contributed by atoms with Gasteiger partial charge in [-0.25, -0.2) is 19.9 Å². The van der Waals surface area contributed by atoms with Crippen LogP contribution in [0.15, 0.2) is 4.99 Å². The topological polar surface area (TPSA) is 161 Å². The van der Waals surface area contributed by atoms with E-state index in [1.165, 1.54) is 7.11 Å².